The maximum Gasteiger partial charge on any atom is 0.408 e. The summed E-state index contributed by atoms with van der Waals surface area (Å²) in [6, 6.07) is -0.956. The molecule has 0 aromatic rings. The van der Waals surface area contributed by atoms with E-state index in [-0.39, 0.29) is 0 Å². The van der Waals surface area contributed by atoms with Crippen molar-refractivity contribution in [2.45, 2.75) is 37.1 Å². The fraction of sp³-hybridized carbons (Fsp3) is 0.889. The summed E-state index contributed by atoms with van der Waals surface area (Å²) in [4.78, 5) is 11.1. The highest BCUT2D eigenvalue weighted by atomic mass is 19.4. The van der Waals surface area contributed by atoms with E-state index in [1.807, 2.05) is 0 Å². The standard InChI is InChI=1S/C9H13F3N2O2/c10-9(11,12)5-6-8(16-7(15)14-6)1-3-13-4-2-8/h6,13H,1-5H2,(H,14,15). The fourth-order valence-corrected chi connectivity index (χ4v) is 2.33. The van der Waals surface area contributed by atoms with Gasteiger partial charge < -0.3 is 15.4 Å². The Morgan fingerprint density at radius 3 is 2.56 bits per heavy atom. The van der Waals surface area contributed by atoms with Gasteiger partial charge in [0.2, 0.25) is 0 Å². The molecule has 0 aromatic carbocycles. The molecule has 2 saturated heterocycles. The molecule has 16 heavy (non-hydrogen) atoms. The van der Waals surface area contributed by atoms with Crippen molar-refractivity contribution in [3.8, 4) is 0 Å². The third kappa shape index (κ3) is 2.23. The highest BCUT2D eigenvalue weighted by Gasteiger charge is 2.53. The van der Waals surface area contributed by atoms with Gasteiger partial charge in [-0.2, -0.15) is 13.2 Å². The molecule has 1 spiro atoms. The first-order valence-electron chi connectivity index (χ1n) is 5.18. The lowest BCUT2D eigenvalue weighted by Crippen LogP contribution is -2.52. The van der Waals surface area contributed by atoms with E-state index >= 15 is 0 Å². The third-order valence-corrected chi connectivity index (χ3v) is 3.11. The highest BCUT2D eigenvalue weighted by molar-refractivity contribution is 5.71. The molecule has 0 aliphatic carbocycles. The van der Waals surface area contributed by atoms with E-state index in [0.29, 0.717) is 25.9 Å². The Morgan fingerprint density at radius 2 is 2.00 bits per heavy atom. The second kappa shape index (κ2) is 3.80. The summed E-state index contributed by atoms with van der Waals surface area (Å²) in [6.07, 6.45) is -5.21. The summed E-state index contributed by atoms with van der Waals surface area (Å²) in [5, 5.41) is 5.30. The lowest BCUT2D eigenvalue weighted by molar-refractivity contribution is -0.149. The number of alkyl halides is 3. The Kier molecular flexibility index (Phi) is 2.73. The van der Waals surface area contributed by atoms with E-state index in [9.17, 15) is 18.0 Å². The first-order chi connectivity index (χ1) is 7.41. The average Bonchev–Trinajstić information content (AvgIpc) is 2.41. The Labute approximate surface area is 90.5 Å². The summed E-state index contributed by atoms with van der Waals surface area (Å²) >= 11 is 0. The van der Waals surface area contributed by atoms with Crippen LogP contribution in [-0.2, 0) is 4.74 Å². The van der Waals surface area contributed by atoms with E-state index in [1.165, 1.54) is 0 Å². The second-order valence-corrected chi connectivity index (χ2v) is 4.22. The molecular formula is C9H13F3N2O2. The van der Waals surface area contributed by atoms with Gasteiger partial charge in [0, 0.05) is 12.8 Å². The minimum absolute atomic E-state index is 0.423. The third-order valence-electron chi connectivity index (χ3n) is 3.11. The monoisotopic (exact) mass is 238 g/mol. The number of halogens is 3. The van der Waals surface area contributed by atoms with Crippen LogP contribution in [0, 0.1) is 0 Å². The quantitative estimate of drug-likeness (QED) is 0.721. The minimum atomic E-state index is -4.29. The van der Waals surface area contributed by atoms with Gasteiger partial charge in [-0.3, -0.25) is 0 Å². The van der Waals surface area contributed by atoms with Crippen molar-refractivity contribution in [1.82, 2.24) is 10.6 Å². The zero-order chi connectivity index (χ0) is 11.8. The lowest BCUT2D eigenvalue weighted by Gasteiger charge is -2.36. The predicted molar refractivity (Wildman–Crippen MR) is 48.9 cm³/mol. The normalized spacial score (nSPS) is 28.9. The Hall–Kier alpha value is -0.980. The number of hydrogen-bond acceptors (Lipinski definition) is 3. The van der Waals surface area contributed by atoms with Gasteiger partial charge in [-0.25, -0.2) is 4.79 Å². The fourth-order valence-electron chi connectivity index (χ4n) is 2.33. The molecule has 0 saturated carbocycles. The number of amides is 1. The number of ether oxygens (including phenoxy) is 1. The van der Waals surface area contributed by atoms with Crippen molar-refractivity contribution in [1.29, 1.82) is 0 Å². The number of piperidine rings is 1. The Morgan fingerprint density at radius 1 is 1.38 bits per heavy atom. The number of carbonyl (C=O) groups excluding carboxylic acids is 1. The summed E-state index contributed by atoms with van der Waals surface area (Å²) in [7, 11) is 0. The highest BCUT2D eigenvalue weighted by Crippen LogP contribution is 2.37. The molecule has 2 heterocycles. The number of rotatable bonds is 1. The van der Waals surface area contributed by atoms with E-state index < -0.39 is 30.3 Å². The molecule has 1 amide bonds. The molecule has 2 rings (SSSR count). The molecule has 0 aromatic heterocycles. The molecule has 92 valence electrons. The van der Waals surface area contributed by atoms with E-state index in [4.69, 9.17) is 4.74 Å². The van der Waals surface area contributed by atoms with Crippen LogP contribution >= 0.6 is 0 Å². The Balaban J connectivity index is 2.12. The molecule has 2 aliphatic heterocycles. The van der Waals surface area contributed by atoms with Crippen molar-refractivity contribution in [2.24, 2.45) is 0 Å². The molecule has 4 nitrogen and oxygen atoms in total. The number of carbonyl (C=O) groups is 1. The minimum Gasteiger partial charge on any atom is -0.441 e. The van der Waals surface area contributed by atoms with Gasteiger partial charge >= 0.3 is 12.3 Å². The molecule has 7 heteroatoms. The van der Waals surface area contributed by atoms with Crippen LogP contribution in [0.15, 0.2) is 0 Å². The molecule has 2 fully saturated rings. The van der Waals surface area contributed by atoms with Crippen LogP contribution in [0.4, 0.5) is 18.0 Å². The van der Waals surface area contributed by atoms with Gasteiger partial charge in [0.1, 0.15) is 5.60 Å². The van der Waals surface area contributed by atoms with E-state index in [0.717, 1.165) is 0 Å². The van der Waals surface area contributed by atoms with Gasteiger partial charge in [-0.1, -0.05) is 0 Å². The summed E-state index contributed by atoms with van der Waals surface area (Å²) in [5.41, 5.74) is -0.974. The van der Waals surface area contributed by atoms with Crippen molar-refractivity contribution < 1.29 is 22.7 Å². The van der Waals surface area contributed by atoms with Crippen LogP contribution in [0.3, 0.4) is 0 Å². The maximum absolute atomic E-state index is 12.4. The van der Waals surface area contributed by atoms with Gasteiger partial charge in [0.15, 0.2) is 0 Å². The van der Waals surface area contributed by atoms with Gasteiger partial charge in [0.05, 0.1) is 12.5 Å². The molecule has 2 aliphatic rings. The largest absolute Gasteiger partial charge is 0.441 e. The van der Waals surface area contributed by atoms with Gasteiger partial charge in [-0.05, 0) is 13.1 Å². The summed E-state index contributed by atoms with van der Waals surface area (Å²) in [6.45, 7) is 1.15. The maximum atomic E-state index is 12.4. The molecule has 2 N–H and O–H groups in total. The van der Waals surface area contributed by atoms with Crippen LogP contribution in [-0.4, -0.2) is 37.0 Å². The van der Waals surface area contributed by atoms with Crippen LogP contribution in [0.2, 0.25) is 0 Å². The zero-order valence-corrected chi connectivity index (χ0v) is 8.56. The van der Waals surface area contributed by atoms with Crippen molar-refractivity contribution in [3.63, 3.8) is 0 Å². The van der Waals surface area contributed by atoms with Crippen LogP contribution < -0.4 is 10.6 Å². The molecule has 0 radical (unpaired) electrons. The average molecular weight is 238 g/mol. The molecule has 1 unspecified atom stereocenters. The van der Waals surface area contributed by atoms with Gasteiger partial charge in [0.25, 0.3) is 0 Å². The molecule has 1 atom stereocenters. The lowest BCUT2D eigenvalue weighted by atomic mass is 9.84. The zero-order valence-electron chi connectivity index (χ0n) is 8.56. The SMILES string of the molecule is O=C1NC(CC(F)(F)F)C2(CCNCC2)O1. The van der Waals surface area contributed by atoms with Crippen molar-refractivity contribution >= 4 is 6.09 Å². The van der Waals surface area contributed by atoms with Crippen LogP contribution in [0.1, 0.15) is 19.3 Å². The van der Waals surface area contributed by atoms with Crippen molar-refractivity contribution in [3.05, 3.63) is 0 Å². The van der Waals surface area contributed by atoms with Crippen LogP contribution in [0.25, 0.3) is 0 Å². The topological polar surface area (TPSA) is 50.4 Å². The Bertz CT molecular complexity index is 287. The first kappa shape index (κ1) is 11.5. The summed E-state index contributed by atoms with van der Waals surface area (Å²) in [5.74, 6) is 0. The van der Waals surface area contributed by atoms with E-state index in [2.05, 4.69) is 10.6 Å². The van der Waals surface area contributed by atoms with Crippen molar-refractivity contribution in [2.75, 3.05) is 13.1 Å². The summed E-state index contributed by atoms with van der Waals surface area (Å²) < 4.78 is 42.1. The predicted octanol–water partition coefficient (Wildman–Crippen LogP) is 1.17. The second-order valence-electron chi connectivity index (χ2n) is 4.22. The smallest absolute Gasteiger partial charge is 0.408 e. The number of alkyl carbamates (subject to hydrolysis) is 1. The number of hydrogen-bond donors (Lipinski definition) is 2. The van der Waals surface area contributed by atoms with E-state index in [1.54, 1.807) is 0 Å². The molecular weight excluding hydrogens is 225 g/mol. The molecule has 0 bridgehead atoms. The van der Waals surface area contributed by atoms with Gasteiger partial charge in [-0.15, -0.1) is 0 Å². The first-order valence-corrected chi connectivity index (χ1v) is 5.18. The van der Waals surface area contributed by atoms with Crippen LogP contribution in [0.5, 0.6) is 0 Å². The number of nitrogens with one attached hydrogen (secondary N) is 2.